The third kappa shape index (κ3) is 5.85. The van der Waals surface area contributed by atoms with Gasteiger partial charge < -0.3 is 14.5 Å². The molecule has 154 valence electrons. The molecular formula is C20H15ClN2O6S. The number of nitro groups is 1. The van der Waals surface area contributed by atoms with Crippen molar-refractivity contribution < 1.29 is 23.7 Å². The van der Waals surface area contributed by atoms with Crippen LogP contribution in [0.5, 0.6) is 0 Å². The Kier molecular flexibility index (Phi) is 7.10. The smallest absolute Gasteiger partial charge is 0.325 e. The Morgan fingerprint density at radius 1 is 1.17 bits per heavy atom. The van der Waals surface area contributed by atoms with Gasteiger partial charge in [-0.2, -0.15) is 0 Å². The molecule has 0 spiro atoms. The number of carbonyl (C=O) groups excluding carboxylic acids is 2. The van der Waals surface area contributed by atoms with Crippen molar-refractivity contribution in [1.82, 2.24) is 5.32 Å². The van der Waals surface area contributed by atoms with Crippen molar-refractivity contribution in [3.8, 4) is 0 Å². The summed E-state index contributed by atoms with van der Waals surface area (Å²) in [5.41, 5.74) is 0.696. The number of hydrogen-bond donors (Lipinski definition) is 1. The summed E-state index contributed by atoms with van der Waals surface area (Å²) in [6.45, 7) is -0.217. The Morgan fingerprint density at radius 2 is 1.93 bits per heavy atom. The quantitative estimate of drug-likeness (QED) is 0.308. The summed E-state index contributed by atoms with van der Waals surface area (Å²) in [6, 6.07) is 14.6. The van der Waals surface area contributed by atoms with E-state index in [1.165, 1.54) is 36.2 Å². The number of carbonyl (C=O) groups is 2. The van der Waals surface area contributed by atoms with E-state index in [2.05, 4.69) is 5.32 Å². The Hall–Kier alpha value is -3.30. The number of esters is 1. The average Bonchev–Trinajstić information content (AvgIpc) is 3.28. The number of ether oxygens (including phenoxy) is 1. The van der Waals surface area contributed by atoms with Crippen molar-refractivity contribution in [3.63, 3.8) is 0 Å². The zero-order valence-electron chi connectivity index (χ0n) is 15.4. The topological polar surface area (TPSA) is 112 Å². The van der Waals surface area contributed by atoms with Gasteiger partial charge in [0, 0.05) is 21.9 Å². The summed E-state index contributed by atoms with van der Waals surface area (Å²) in [7, 11) is 0. The van der Waals surface area contributed by atoms with Crippen LogP contribution in [-0.4, -0.2) is 23.3 Å². The van der Waals surface area contributed by atoms with E-state index in [9.17, 15) is 19.7 Å². The number of benzene rings is 2. The third-order valence-electron chi connectivity index (χ3n) is 3.82. The van der Waals surface area contributed by atoms with E-state index in [4.69, 9.17) is 20.8 Å². The molecule has 0 aliphatic rings. The second-order valence-corrected chi connectivity index (χ2v) is 7.46. The molecule has 1 heterocycles. The normalized spacial score (nSPS) is 10.4. The number of non-ortho nitro benzene ring substituents is 1. The van der Waals surface area contributed by atoms with Crippen LogP contribution >= 0.6 is 23.4 Å². The summed E-state index contributed by atoms with van der Waals surface area (Å²) in [5.74, 6) is -0.960. The summed E-state index contributed by atoms with van der Waals surface area (Å²) in [6.07, 6.45) is 1.37. The number of nitrogens with one attached hydrogen (secondary N) is 1. The first kappa shape index (κ1) is 21.4. The van der Waals surface area contributed by atoms with Crippen LogP contribution in [0.2, 0.25) is 5.02 Å². The number of nitro benzene ring substituents is 1. The maximum absolute atomic E-state index is 11.8. The van der Waals surface area contributed by atoms with Crippen molar-refractivity contribution in [1.29, 1.82) is 0 Å². The van der Waals surface area contributed by atoms with Crippen molar-refractivity contribution in [2.24, 2.45) is 0 Å². The lowest BCUT2D eigenvalue weighted by atomic mass is 10.2. The maximum Gasteiger partial charge on any atom is 0.325 e. The van der Waals surface area contributed by atoms with Gasteiger partial charge >= 0.3 is 5.97 Å². The Balaban J connectivity index is 1.48. The van der Waals surface area contributed by atoms with Gasteiger partial charge in [0.2, 0.25) is 0 Å². The molecule has 0 saturated heterocycles. The van der Waals surface area contributed by atoms with Gasteiger partial charge in [0.15, 0.2) is 5.76 Å². The van der Waals surface area contributed by atoms with Gasteiger partial charge in [-0.05, 0) is 35.9 Å². The van der Waals surface area contributed by atoms with Crippen LogP contribution in [0.1, 0.15) is 16.1 Å². The van der Waals surface area contributed by atoms with Gasteiger partial charge in [-0.15, -0.1) is 0 Å². The second kappa shape index (κ2) is 9.95. The van der Waals surface area contributed by atoms with Crippen LogP contribution in [0.15, 0.2) is 75.1 Å². The number of hydrogen-bond acceptors (Lipinski definition) is 7. The molecular weight excluding hydrogens is 432 g/mol. The number of amides is 1. The largest absolute Gasteiger partial charge is 0.460 e. The number of furan rings is 1. The number of rotatable bonds is 8. The lowest BCUT2D eigenvalue weighted by Crippen LogP contribution is -2.30. The molecule has 0 bridgehead atoms. The van der Waals surface area contributed by atoms with Gasteiger partial charge in [0.1, 0.15) is 13.2 Å². The standard InChI is InChI=1S/C20H15ClN2O6S/c21-16-10-14(23(26)27)5-8-18(16)30-15-6-3-13(4-7-15)12-29-19(24)11-22-20(25)17-2-1-9-28-17/h1-10H,11-12H2,(H,22,25). The van der Waals surface area contributed by atoms with Gasteiger partial charge in [0.05, 0.1) is 16.2 Å². The molecule has 0 aliphatic carbocycles. The van der Waals surface area contributed by atoms with Crippen molar-refractivity contribution in [2.75, 3.05) is 6.54 Å². The lowest BCUT2D eigenvalue weighted by molar-refractivity contribution is -0.384. The molecule has 1 aromatic heterocycles. The van der Waals surface area contributed by atoms with Gasteiger partial charge in [0.25, 0.3) is 11.6 Å². The predicted molar refractivity (Wildman–Crippen MR) is 110 cm³/mol. The summed E-state index contributed by atoms with van der Waals surface area (Å²) < 4.78 is 10.1. The highest BCUT2D eigenvalue weighted by Gasteiger charge is 2.12. The minimum Gasteiger partial charge on any atom is -0.460 e. The number of nitrogens with zero attached hydrogens (tertiary/aromatic N) is 1. The fourth-order valence-electron chi connectivity index (χ4n) is 2.33. The summed E-state index contributed by atoms with van der Waals surface area (Å²) >= 11 is 7.46. The highest BCUT2D eigenvalue weighted by Crippen LogP contribution is 2.35. The molecule has 0 saturated carbocycles. The summed E-state index contributed by atoms with van der Waals surface area (Å²) in [5, 5.41) is 13.5. The summed E-state index contributed by atoms with van der Waals surface area (Å²) in [4.78, 5) is 35.3. The molecule has 3 rings (SSSR count). The highest BCUT2D eigenvalue weighted by molar-refractivity contribution is 7.99. The van der Waals surface area contributed by atoms with Gasteiger partial charge in [-0.1, -0.05) is 35.5 Å². The van der Waals surface area contributed by atoms with E-state index in [0.29, 0.717) is 9.92 Å². The van der Waals surface area contributed by atoms with E-state index < -0.39 is 16.8 Å². The zero-order chi connectivity index (χ0) is 21.5. The average molecular weight is 447 g/mol. The molecule has 2 aromatic carbocycles. The SMILES string of the molecule is O=C(CNC(=O)c1ccco1)OCc1ccc(Sc2ccc([N+](=O)[O-])cc2Cl)cc1. The maximum atomic E-state index is 11.8. The first-order valence-corrected chi connectivity index (χ1v) is 9.80. The molecule has 1 amide bonds. The zero-order valence-corrected chi connectivity index (χ0v) is 16.9. The fourth-order valence-corrected chi connectivity index (χ4v) is 3.44. The van der Waals surface area contributed by atoms with E-state index in [-0.39, 0.29) is 24.6 Å². The molecule has 3 aromatic rings. The molecule has 8 nitrogen and oxygen atoms in total. The van der Waals surface area contributed by atoms with Crippen LogP contribution in [0.3, 0.4) is 0 Å². The molecule has 0 unspecified atom stereocenters. The van der Waals surface area contributed by atoms with Crippen molar-refractivity contribution >= 4 is 40.9 Å². The minimum absolute atomic E-state index is 0.0543. The van der Waals surface area contributed by atoms with Crippen LogP contribution < -0.4 is 5.32 Å². The van der Waals surface area contributed by atoms with E-state index >= 15 is 0 Å². The van der Waals surface area contributed by atoms with E-state index in [1.54, 1.807) is 24.3 Å². The molecule has 0 fully saturated rings. The lowest BCUT2D eigenvalue weighted by Gasteiger charge is -2.07. The van der Waals surface area contributed by atoms with E-state index in [0.717, 1.165) is 10.5 Å². The molecule has 10 heteroatoms. The van der Waals surface area contributed by atoms with Gasteiger partial charge in [-0.3, -0.25) is 19.7 Å². The molecule has 0 atom stereocenters. The monoisotopic (exact) mass is 446 g/mol. The van der Waals surface area contributed by atoms with Crippen molar-refractivity contribution in [2.45, 2.75) is 16.4 Å². The van der Waals surface area contributed by atoms with Crippen molar-refractivity contribution in [3.05, 3.63) is 87.3 Å². The first-order chi connectivity index (χ1) is 14.4. The van der Waals surface area contributed by atoms with E-state index in [1.807, 2.05) is 12.1 Å². The Labute approximate surface area is 180 Å². The fraction of sp³-hybridized carbons (Fsp3) is 0.100. The Bertz CT molecular complexity index is 1050. The third-order valence-corrected chi connectivity index (χ3v) is 5.32. The van der Waals surface area contributed by atoms with Crippen LogP contribution in [0, 0.1) is 10.1 Å². The first-order valence-electron chi connectivity index (χ1n) is 8.60. The van der Waals surface area contributed by atoms with Crippen LogP contribution in [-0.2, 0) is 16.1 Å². The Morgan fingerprint density at radius 3 is 2.57 bits per heavy atom. The predicted octanol–water partition coefficient (Wildman–Crippen LogP) is 4.47. The number of halogens is 1. The van der Waals surface area contributed by atoms with Crippen LogP contribution in [0.25, 0.3) is 0 Å². The molecule has 0 radical (unpaired) electrons. The molecule has 1 N–H and O–H groups in total. The second-order valence-electron chi connectivity index (χ2n) is 5.94. The molecule has 0 aliphatic heterocycles. The molecule has 30 heavy (non-hydrogen) atoms. The highest BCUT2D eigenvalue weighted by atomic mass is 35.5. The van der Waals surface area contributed by atoms with Gasteiger partial charge in [-0.25, -0.2) is 0 Å². The van der Waals surface area contributed by atoms with Crippen LogP contribution in [0.4, 0.5) is 5.69 Å². The minimum atomic E-state index is -0.578.